The Balaban J connectivity index is 2.16. The zero-order chi connectivity index (χ0) is 16.6. The molecule has 0 unspecified atom stereocenters. The van der Waals surface area contributed by atoms with Crippen molar-refractivity contribution in [3.8, 4) is 5.75 Å². The van der Waals surface area contributed by atoms with Gasteiger partial charge in [0.15, 0.2) is 22.8 Å². The molecule has 0 saturated carbocycles. The first-order valence-corrected chi connectivity index (χ1v) is 6.89. The van der Waals surface area contributed by atoms with E-state index in [0.717, 1.165) is 11.3 Å². The summed E-state index contributed by atoms with van der Waals surface area (Å²) < 4.78 is 6.66. The highest BCUT2D eigenvalue weighted by Crippen LogP contribution is 2.17. The van der Waals surface area contributed by atoms with E-state index in [1.807, 2.05) is 24.3 Å². The van der Waals surface area contributed by atoms with Crippen LogP contribution < -0.4 is 16.0 Å². The number of carbonyl (C=O) groups excluding carboxylic acids is 1. The van der Waals surface area contributed by atoms with Crippen molar-refractivity contribution in [1.29, 1.82) is 0 Å². The number of ketones is 1. The van der Waals surface area contributed by atoms with Crippen molar-refractivity contribution in [2.45, 2.75) is 13.5 Å². The zero-order valence-corrected chi connectivity index (χ0v) is 12.7. The van der Waals surface area contributed by atoms with Gasteiger partial charge in [0.2, 0.25) is 5.95 Å². The third kappa shape index (κ3) is 2.66. The number of anilines is 1. The average molecular weight is 313 g/mol. The van der Waals surface area contributed by atoms with Crippen LogP contribution in [0.4, 0.5) is 5.95 Å². The maximum atomic E-state index is 12.2. The average Bonchev–Trinajstić information content (AvgIpc) is 2.87. The molecule has 23 heavy (non-hydrogen) atoms. The van der Waals surface area contributed by atoms with Crippen LogP contribution in [0.25, 0.3) is 11.2 Å². The second kappa shape index (κ2) is 5.56. The van der Waals surface area contributed by atoms with Gasteiger partial charge in [-0.3, -0.25) is 14.6 Å². The van der Waals surface area contributed by atoms with Crippen molar-refractivity contribution >= 4 is 22.9 Å². The summed E-state index contributed by atoms with van der Waals surface area (Å²) >= 11 is 0. The van der Waals surface area contributed by atoms with Gasteiger partial charge in [-0.15, -0.1) is 0 Å². The Kier molecular flexibility index (Phi) is 3.57. The van der Waals surface area contributed by atoms with Crippen LogP contribution in [0.15, 0.2) is 29.1 Å². The van der Waals surface area contributed by atoms with Crippen LogP contribution in [-0.2, 0) is 6.54 Å². The van der Waals surface area contributed by atoms with Crippen molar-refractivity contribution in [3.63, 3.8) is 0 Å². The molecule has 0 saturated heterocycles. The Hall–Kier alpha value is -3.16. The van der Waals surface area contributed by atoms with Crippen LogP contribution in [0.3, 0.4) is 0 Å². The highest BCUT2D eigenvalue weighted by molar-refractivity contribution is 5.94. The van der Waals surface area contributed by atoms with Gasteiger partial charge in [-0.1, -0.05) is 12.1 Å². The molecule has 8 heteroatoms. The van der Waals surface area contributed by atoms with Crippen LogP contribution >= 0.6 is 0 Å². The van der Waals surface area contributed by atoms with Gasteiger partial charge in [-0.25, -0.2) is 4.98 Å². The molecule has 0 aliphatic carbocycles. The molecule has 3 aromatic rings. The van der Waals surface area contributed by atoms with E-state index in [2.05, 4.69) is 15.0 Å². The van der Waals surface area contributed by atoms with Crippen molar-refractivity contribution < 1.29 is 9.53 Å². The number of nitrogens with two attached hydrogens (primary N) is 1. The summed E-state index contributed by atoms with van der Waals surface area (Å²) in [4.78, 5) is 34.6. The van der Waals surface area contributed by atoms with Crippen molar-refractivity contribution in [2.24, 2.45) is 0 Å². The largest absolute Gasteiger partial charge is 0.497 e. The number of nitrogens with zero attached hydrogens (tertiary/aromatic N) is 3. The minimum absolute atomic E-state index is 0.0355. The fraction of sp³-hybridized carbons (Fsp3) is 0.200. The van der Waals surface area contributed by atoms with E-state index < -0.39 is 5.56 Å². The highest BCUT2D eigenvalue weighted by Gasteiger charge is 2.18. The number of hydrogen-bond acceptors (Lipinski definition) is 6. The Bertz CT molecular complexity index is 940. The van der Waals surface area contributed by atoms with Crippen LogP contribution in [0.2, 0.25) is 0 Å². The van der Waals surface area contributed by atoms with E-state index in [1.165, 1.54) is 6.92 Å². The predicted molar refractivity (Wildman–Crippen MR) is 84.7 cm³/mol. The topological polar surface area (TPSA) is 116 Å². The molecule has 0 amide bonds. The first-order valence-electron chi connectivity index (χ1n) is 6.89. The van der Waals surface area contributed by atoms with E-state index in [-0.39, 0.29) is 28.7 Å². The molecule has 8 nitrogen and oxygen atoms in total. The summed E-state index contributed by atoms with van der Waals surface area (Å²) in [7, 11) is 1.59. The van der Waals surface area contributed by atoms with Gasteiger partial charge in [0.05, 0.1) is 13.7 Å². The number of imidazole rings is 1. The van der Waals surface area contributed by atoms with Gasteiger partial charge in [-0.2, -0.15) is 4.98 Å². The second-order valence-electron chi connectivity index (χ2n) is 5.05. The summed E-state index contributed by atoms with van der Waals surface area (Å²) in [6.45, 7) is 1.70. The summed E-state index contributed by atoms with van der Waals surface area (Å²) in [5.41, 5.74) is 6.37. The first kappa shape index (κ1) is 14.8. The van der Waals surface area contributed by atoms with E-state index in [9.17, 15) is 9.59 Å². The molecule has 118 valence electrons. The lowest BCUT2D eigenvalue weighted by atomic mass is 10.2. The van der Waals surface area contributed by atoms with Crippen LogP contribution in [0.1, 0.15) is 23.1 Å². The molecule has 0 radical (unpaired) electrons. The second-order valence-corrected chi connectivity index (χ2v) is 5.05. The molecule has 2 aromatic heterocycles. The molecule has 0 atom stereocenters. The Morgan fingerprint density at radius 2 is 2.00 bits per heavy atom. The van der Waals surface area contributed by atoms with Crippen molar-refractivity contribution in [1.82, 2.24) is 19.5 Å². The van der Waals surface area contributed by atoms with Gasteiger partial charge in [0.1, 0.15) is 5.75 Å². The molecule has 0 fully saturated rings. The van der Waals surface area contributed by atoms with Crippen molar-refractivity contribution in [2.75, 3.05) is 12.8 Å². The predicted octanol–water partition coefficient (Wildman–Crippen LogP) is 0.961. The Labute approximate surface area is 130 Å². The Morgan fingerprint density at radius 1 is 1.30 bits per heavy atom. The summed E-state index contributed by atoms with van der Waals surface area (Å²) in [5, 5.41) is 0. The van der Waals surface area contributed by atoms with Crippen LogP contribution in [0, 0.1) is 0 Å². The number of Topliss-reactive ketones (excluding diaryl/α,β-unsaturated/α-hetero) is 1. The lowest BCUT2D eigenvalue weighted by Crippen LogP contribution is -2.16. The van der Waals surface area contributed by atoms with E-state index in [1.54, 1.807) is 11.7 Å². The SMILES string of the molecule is COc1ccc(Cn2c(C(C)=O)nc3nc(N)[nH]c(=O)c32)cc1. The Morgan fingerprint density at radius 3 is 2.61 bits per heavy atom. The number of aromatic nitrogens is 4. The fourth-order valence-electron chi connectivity index (χ4n) is 2.40. The zero-order valence-electron chi connectivity index (χ0n) is 12.7. The number of fused-ring (bicyclic) bond motifs is 1. The molecule has 3 N–H and O–H groups in total. The number of H-pyrrole nitrogens is 1. The van der Waals surface area contributed by atoms with E-state index in [0.29, 0.717) is 6.54 Å². The number of benzene rings is 1. The third-order valence-electron chi connectivity index (χ3n) is 3.45. The number of rotatable bonds is 4. The number of carbonyl (C=O) groups is 1. The summed E-state index contributed by atoms with van der Waals surface area (Å²) in [5.74, 6) is 0.601. The number of methoxy groups -OCH3 is 1. The third-order valence-corrected chi connectivity index (χ3v) is 3.45. The maximum absolute atomic E-state index is 12.2. The minimum atomic E-state index is -0.430. The summed E-state index contributed by atoms with van der Waals surface area (Å²) in [6.07, 6.45) is 0. The maximum Gasteiger partial charge on any atom is 0.278 e. The molecule has 0 aliphatic rings. The summed E-state index contributed by atoms with van der Waals surface area (Å²) in [6, 6.07) is 7.33. The normalized spacial score (nSPS) is 10.9. The fourth-order valence-corrected chi connectivity index (χ4v) is 2.40. The van der Waals surface area contributed by atoms with Crippen LogP contribution in [-0.4, -0.2) is 32.4 Å². The number of nitrogens with one attached hydrogen (secondary N) is 1. The lowest BCUT2D eigenvalue weighted by Gasteiger charge is -2.08. The van der Waals surface area contributed by atoms with Gasteiger partial charge >= 0.3 is 0 Å². The highest BCUT2D eigenvalue weighted by atomic mass is 16.5. The monoisotopic (exact) mass is 313 g/mol. The molecule has 0 bridgehead atoms. The minimum Gasteiger partial charge on any atom is -0.497 e. The molecule has 1 aromatic carbocycles. The molecular formula is C15H15N5O3. The quantitative estimate of drug-likeness (QED) is 0.693. The standard InChI is InChI=1S/C15H15N5O3/c1-8(21)13-17-12-11(14(22)19-15(16)18-12)20(13)7-9-3-5-10(23-2)6-4-9/h3-6H,7H2,1-2H3,(H3,16,18,19,22). The van der Waals surface area contributed by atoms with Gasteiger partial charge < -0.3 is 15.0 Å². The van der Waals surface area contributed by atoms with Gasteiger partial charge in [-0.05, 0) is 17.7 Å². The number of ether oxygens (including phenoxy) is 1. The molecule has 3 rings (SSSR count). The number of hydrogen-bond donors (Lipinski definition) is 2. The molecule has 2 heterocycles. The smallest absolute Gasteiger partial charge is 0.278 e. The number of nitrogen functional groups attached to an aromatic ring is 1. The van der Waals surface area contributed by atoms with Gasteiger partial charge in [0.25, 0.3) is 5.56 Å². The van der Waals surface area contributed by atoms with E-state index >= 15 is 0 Å². The van der Waals surface area contributed by atoms with E-state index in [4.69, 9.17) is 10.5 Å². The first-order chi connectivity index (χ1) is 11.0. The molecular weight excluding hydrogens is 298 g/mol. The van der Waals surface area contributed by atoms with Crippen LogP contribution in [0.5, 0.6) is 5.75 Å². The van der Waals surface area contributed by atoms with Crippen molar-refractivity contribution in [3.05, 3.63) is 46.0 Å². The number of aromatic amines is 1. The lowest BCUT2D eigenvalue weighted by molar-refractivity contribution is 0.100. The van der Waals surface area contributed by atoms with Gasteiger partial charge in [0, 0.05) is 6.92 Å². The molecule has 0 spiro atoms. The molecule has 0 aliphatic heterocycles.